The van der Waals surface area contributed by atoms with Crippen molar-refractivity contribution < 1.29 is 0 Å². The van der Waals surface area contributed by atoms with Gasteiger partial charge in [0, 0.05) is 0 Å². The molecule has 3 aliphatic rings. The van der Waals surface area contributed by atoms with E-state index in [0.717, 1.165) is 17.8 Å². The van der Waals surface area contributed by atoms with Gasteiger partial charge in [-0.25, -0.2) is 0 Å². The van der Waals surface area contributed by atoms with Gasteiger partial charge < -0.3 is 0 Å². The average Bonchev–Trinajstić information content (AvgIpc) is 2.57. The van der Waals surface area contributed by atoms with Gasteiger partial charge in [0.25, 0.3) is 0 Å². The summed E-state index contributed by atoms with van der Waals surface area (Å²) in [6, 6.07) is 0. The molecule has 1 spiro atoms. The molecule has 0 amide bonds. The molecule has 15 heavy (non-hydrogen) atoms. The molecule has 0 aromatic carbocycles. The summed E-state index contributed by atoms with van der Waals surface area (Å²) < 4.78 is 0. The van der Waals surface area contributed by atoms with E-state index in [4.69, 9.17) is 0 Å². The summed E-state index contributed by atoms with van der Waals surface area (Å²) in [4.78, 5) is 0. The minimum atomic E-state index is 0.571. The molecule has 0 aromatic rings. The Morgan fingerprint density at radius 1 is 1.27 bits per heavy atom. The van der Waals surface area contributed by atoms with E-state index in [2.05, 4.69) is 33.8 Å². The standard InChI is InChI=1S/C15H24/c1-10-7-8-15-9-12(10)14(3,4)13(15)6-5-11(15)2/h7,11-13H,5-6,8-9H2,1-4H3/t11-,12-,13-,15-/m0/s1. The van der Waals surface area contributed by atoms with Gasteiger partial charge in [-0.15, -0.1) is 0 Å². The molecule has 3 aliphatic carbocycles. The first-order valence-corrected chi connectivity index (χ1v) is 6.65. The van der Waals surface area contributed by atoms with Gasteiger partial charge in [0.15, 0.2) is 0 Å². The highest BCUT2D eigenvalue weighted by atomic mass is 14.7. The summed E-state index contributed by atoms with van der Waals surface area (Å²) in [5.41, 5.74) is 2.96. The Balaban J connectivity index is 2.11. The van der Waals surface area contributed by atoms with Crippen molar-refractivity contribution in [1.29, 1.82) is 0 Å². The molecule has 3 rings (SSSR count). The highest BCUT2D eigenvalue weighted by Crippen LogP contribution is 2.71. The molecule has 0 radical (unpaired) electrons. The Hall–Kier alpha value is -0.260. The lowest BCUT2D eigenvalue weighted by Gasteiger charge is -2.36. The Morgan fingerprint density at radius 3 is 2.73 bits per heavy atom. The van der Waals surface area contributed by atoms with Crippen LogP contribution in [0.3, 0.4) is 0 Å². The van der Waals surface area contributed by atoms with Gasteiger partial charge in [-0.1, -0.05) is 32.4 Å². The molecule has 2 bridgehead atoms. The molecule has 0 unspecified atom stereocenters. The minimum absolute atomic E-state index is 0.571. The van der Waals surface area contributed by atoms with Gasteiger partial charge in [0.1, 0.15) is 0 Å². The van der Waals surface area contributed by atoms with Crippen LogP contribution in [0.2, 0.25) is 0 Å². The third-order valence-corrected chi connectivity index (χ3v) is 6.30. The van der Waals surface area contributed by atoms with Crippen molar-refractivity contribution in [2.24, 2.45) is 28.6 Å². The highest BCUT2D eigenvalue weighted by molar-refractivity contribution is 5.25. The molecule has 2 saturated carbocycles. The molecular weight excluding hydrogens is 180 g/mol. The lowest BCUT2D eigenvalue weighted by Crippen LogP contribution is -2.30. The molecule has 4 atom stereocenters. The van der Waals surface area contributed by atoms with Crippen LogP contribution in [0.15, 0.2) is 11.6 Å². The lowest BCUT2D eigenvalue weighted by atomic mass is 9.68. The van der Waals surface area contributed by atoms with Crippen LogP contribution in [0.25, 0.3) is 0 Å². The summed E-state index contributed by atoms with van der Waals surface area (Å²) in [5, 5.41) is 0. The fourth-order valence-electron chi connectivity index (χ4n) is 5.35. The molecule has 0 saturated heterocycles. The third kappa shape index (κ3) is 0.990. The average molecular weight is 204 g/mol. The van der Waals surface area contributed by atoms with Gasteiger partial charge in [-0.2, -0.15) is 0 Å². The summed E-state index contributed by atoms with van der Waals surface area (Å²) in [5.74, 6) is 2.86. The van der Waals surface area contributed by atoms with Crippen molar-refractivity contribution in [2.45, 2.75) is 53.4 Å². The van der Waals surface area contributed by atoms with Crippen molar-refractivity contribution in [1.82, 2.24) is 0 Å². The van der Waals surface area contributed by atoms with E-state index in [1.165, 1.54) is 25.7 Å². The van der Waals surface area contributed by atoms with Crippen LogP contribution in [-0.4, -0.2) is 0 Å². The molecule has 0 N–H and O–H groups in total. The molecule has 84 valence electrons. The monoisotopic (exact) mass is 204 g/mol. The van der Waals surface area contributed by atoms with Gasteiger partial charge in [-0.05, 0) is 61.2 Å². The SMILES string of the molecule is CC1=CC[C@@]23C[C@@H]1C(C)(C)[C@@H]2CC[C@@H]3C. The zero-order valence-electron chi connectivity index (χ0n) is 10.6. The molecule has 0 heterocycles. The summed E-state index contributed by atoms with van der Waals surface area (Å²) >= 11 is 0. The van der Waals surface area contributed by atoms with E-state index in [9.17, 15) is 0 Å². The van der Waals surface area contributed by atoms with Gasteiger partial charge in [0.2, 0.25) is 0 Å². The van der Waals surface area contributed by atoms with Crippen LogP contribution in [0.1, 0.15) is 53.4 Å². The molecular formula is C15H24. The zero-order chi connectivity index (χ0) is 10.8. The van der Waals surface area contributed by atoms with Crippen LogP contribution in [0.4, 0.5) is 0 Å². The number of hydrogen-bond acceptors (Lipinski definition) is 0. The minimum Gasteiger partial charge on any atom is -0.0847 e. The summed E-state index contributed by atoms with van der Waals surface area (Å²) in [7, 11) is 0. The molecule has 2 fully saturated rings. The first-order valence-electron chi connectivity index (χ1n) is 6.65. The van der Waals surface area contributed by atoms with E-state index >= 15 is 0 Å². The molecule has 0 heteroatoms. The van der Waals surface area contributed by atoms with Crippen molar-refractivity contribution in [2.75, 3.05) is 0 Å². The number of allylic oxidation sites excluding steroid dienone is 2. The maximum atomic E-state index is 2.57. The fourth-order valence-corrected chi connectivity index (χ4v) is 5.35. The third-order valence-electron chi connectivity index (χ3n) is 6.30. The van der Waals surface area contributed by atoms with E-state index in [-0.39, 0.29) is 0 Å². The van der Waals surface area contributed by atoms with E-state index < -0.39 is 0 Å². The topological polar surface area (TPSA) is 0 Å². The Bertz CT molecular complexity index is 323. The molecule has 0 aromatic heterocycles. The maximum Gasteiger partial charge on any atom is -0.0146 e. The Morgan fingerprint density at radius 2 is 2.00 bits per heavy atom. The maximum absolute atomic E-state index is 2.57. The first kappa shape index (κ1) is 9.93. The van der Waals surface area contributed by atoms with Crippen molar-refractivity contribution in [3.63, 3.8) is 0 Å². The predicted octanol–water partition coefficient (Wildman–Crippen LogP) is 4.42. The Labute approximate surface area is 94.1 Å². The second-order valence-corrected chi connectivity index (χ2v) is 6.99. The Kier molecular flexibility index (Phi) is 1.79. The van der Waals surface area contributed by atoms with Crippen molar-refractivity contribution in [3.8, 4) is 0 Å². The number of fused-ring (bicyclic) bond motifs is 1. The second kappa shape index (κ2) is 2.70. The highest BCUT2D eigenvalue weighted by Gasteiger charge is 2.62. The van der Waals surface area contributed by atoms with Crippen LogP contribution < -0.4 is 0 Å². The van der Waals surface area contributed by atoms with Crippen LogP contribution in [-0.2, 0) is 0 Å². The normalized spacial score (nSPS) is 51.5. The summed E-state index contributed by atoms with van der Waals surface area (Å²) in [6.45, 7) is 9.94. The zero-order valence-corrected chi connectivity index (χ0v) is 10.6. The lowest BCUT2D eigenvalue weighted by molar-refractivity contribution is 0.128. The van der Waals surface area contributed by atoms with E-state index in [1.54, 1.807) is 5.57 Å². The van der Waals surface area contributed by atoms with Crippen LogP contribution >= 0.6 is 0 Å². The number of rotatable bonds is 0. The quantitative estimate of drug-likeness (QED) is 0.513. The molecule has 0 nitrogen and oxygen atoms in total. The number of hydrogen-bond donors (Lipinski definition) is 0. The fraction of sp³-hybridized carbons (Fsp3) is 0.867. The van der Waals surface area contributed by atoms with Crippen molar-refractivity contribution in [3.05, 3.63) is 11.6 Å². The summed E-state index contributed by atoms with van der Waals surface area (Å²) in [6.07, 6.45) is 8.41. The van der Waals surface area contributed by atoms with E-state index in [1.807, 2.05) is 0 Å². The second-order valence-electron chi connectivity index (χ2n) is 6.99. The van der Waals surface area contributed by atoms with E-state index in [0.29, 0.717) is 10.8 Å². The molecule has 0 aliphatic heterocycles. The van der Waals surface area contributed by atoms with Gasteiger partial charge in [-0.3, -0.25) is 0 Å². The van der Waals surface area contributed by atoms with Crippen molar-refractivity contribution >= 4 is 0 Å². The van der Waals surface area contributed by atoms with Gasteiger partial charge >= 0.3 is 0 Å². The van der Waals surface area contributed by atoms with Gasteiger partial charge in [0.05, 0.1) is 0 Å². The van der Waals surface area contributed by atoms with Crippen LogP contribution in [0, 0.1) is 28.6 Å². The largest absolute Gasteiger partial charge is 0.0847 e. The first-order chi connectivity index (χ1) is 6.98. The smallest absolute Gasteiger partial charge is 0.0146 e. The van der Waals surface area contributed by atoms with Crippen LogP contribution in [0.5, 0.6) is 0 Å². The predicted molar refractivity (Wildman–Crippen MR) is 64.6 cm³/mol.